The molecule has 0 bridgehead atoms. The summed E-state index contributed by atoms with van der Waals surface area (Å²) < 4.78 is 27.1. The Morgan fingerprint density at radius 2 is 2.00 bits per heavy atom. The van der Waals surface area contributed by atoms with Crippen LogP contribution in [-0.4, -0.2) is 33.0 Å². The lowest BCUT2D eigenvalue weighted by atomic mass is 10.1. The molecule has 3 N–H and O–H groups in total. The van der Waals surface area contributed by atoms with Crippen molar-refractivity contribution >= 4 is 33.4 Å². The Hall–Kier alpha value is -0.270. The zero-order valence-corrected chi connectivity index (χ0v) is 13.5. The van der Waals surface area contributed by atoms with Crippen LogP contribution in [0.15, 0.2) is 17.0 Å². The molecule has 0 amide bonds. The average molecular weight is 323 g/mol. The third kappa shape index (κ3) is 4.65. The van der Waals surface area contributed by atoms with Crippen LogP contribution in [0.4, 0.5) is 0 Å². The maximum absolute atomic E-state index is 12.3. The number of halogens is 1. The minimum Gasteiger partial charge on any atom is -0.330 e. The van der Waals surface area contributed by atoms with Gasteiger partial charge in [0.05, 0.1) is 4.90 Å². The van der Waals surface area contributed by atoms with Crippen LogP contribution in [0.25, 0.3) is 0 Å². The fourth-order valence-corrected chi connectivity index (χ4v) is 4.20. The molecule has 7 heteroatoms. The fourth-order valence-electron chi connectivity index (χ4n) is 1.72. The highest BCUT2D eigenvalue weighted by Crippen LogP contribution is 2.26. The van der Waals surface area contributed by atoms with E-state index in [1.807, 2.05) is 0 Å². The topological polar surface area (TPSA) is 72.2 Å². The summed E-state index contributed by atoms with van der Waals surface area (Å²) in [5.41, 5.74) is 6.65. The smallest absolute Gasteiger partial charge is 0.241 e. The molecule has 0 spiro atoms. The van der Waals surface area contributed by atoms with Crippen LogP contribution in [0, 0.1) is 13.8 Å². The van der Waals surface area contributed by atoms with Gasteiger partial charge in [0.1, 0.15) is 0 Å². The Morgan fingerprint density at radius 1 is 1.32 bits per heavy atom. The third-order valence-electron chi connectivity index (χ3n) is 2.61. The molecule has 19 heavy (non-hydrogen) atoms. The lowest BCUT2D eigenvalue weighted by Crippen LogP contribution is -2.27. The van der Waals surface area contributed by atoms with E-state index in [1.54, 1.807) is 37.7 Å². The summed E-state index contributed by atoms with van der Waals surface area (Å²) in [5, 5.41) is 0.462. The van der Waals surface area contributed by atoms with Crippen molar-refractivity contribution in [2.45, 2.75) is 18.7 Å². The Balaban J connectivity index is 2.81. The summed E-state index contributed by atoms with van der Waals surface area (Å²) >= 11 is 7.61. The standard InChI is InChI=1S/C12H19ClN2O2S2/c1-9-3-4-11(13)10(2)12(9)19(16,17)15-6-8-18-7-5-14/h3-4,15H,5-8,14H2,1-2H3. The largest absolute Gasteiger partial charge is 0.330 e. The number of sulfonamides is 1. The fraction of sp³-hybridized carbons (Fsp3) is 0.500. The predicted molar refractivity (Wildman–Crippen MR) is 82.5 cm³/mol. The molecule has 0 heterocycles. The molecule has 4 nitrogen and oxygen atoms in total. The van der Waals surface area contributed by atoms with Gasteiger partial charge in [0.2, 0.25) is 10.0 Å². The molecule has 0 fully saturated rings. The predicted octanol–water partition coefficient (Wildman–Crippen LogP) is 1.93. The van der Waals surface area contributed by atoms with Crippen molar-refractivity contribution in [3.63, 3.8) is 0 Å². The highest BCUT2D eigenvalue weighted by atomic mass is 35.5. The third-order valence-corrected chi connectivity index (χ3v) is 5.78. The first-order valence-corrected chi connectivity index (χ1v) is 8.95. The van der Waals surface area contributed by atoms with Crippen molar-refractivity contribution < 1.29 is 8.42 Å². The van der Waals surface area contributed by atoms with Crippen LogP contribution in [0.5, 0.6) is 0 Å². The second kappa shape index (κ2) is 7.50. The van der Waals surface area contributed by atoms with E-state index in [9.17, 15) is 8.42 Å². The molecule has 0 aliphatic carbocycles. The molecule has 0 aliphatic heterocycles. The summed E-state index contributed by atoms with van der Waals surface area (Å²) in [5.74, 6) is 1.53. The monoisotopic (exact) mass is 322 g/mol. The first kappa shape index (κ1) is 16.8. The molecule has 0 atom stereocenters. The zero-order chi connectivity index (χ0) is 14.5. The van der Waals surface area contributed by atoms with Gasteiger partial charge >= 0.3 is 0 Å². The van der Waals surface area contributed by atoms with Crippen molar-refractivity contribution in [3.8, 4) is 0 Å². The molecule has 1 aromatic carbocycles. The van der Waals surface area contributed by atoms with E-state index in [0.717, 1.165) is 5.75 Å². The number of hydrogen-bond acceptors (Lipinski definition) is 4. The maximum Gasteiger partial charge on any atom is 0.241 e. The number of nitrogens with one attached hydrogen (secondary N) is 1. The van der Waals surface area contributed by atoms with E-state index < -0.39 is 10.0 Å². The maximum atomic E-state index is 12.3. The summed E-state index contributed by atoms with van der Waals surface area (Å²) in [7, 11) is -3.51. The SMILES string of the molecule is Cc1ccc(Cl)c(C)c1S(=O)(=O)NCCSCCN. The lowest BCUT2D eigenvalue weighted by Gasteiger charge is -2.13. The van der Waals surface area contributed by atoms with E-state index in [4.69, 9.17) is 17.3 Å². The van der Waals surface area contributed by atoms with E-state index in [2.05, 4.69) is 4.72 Å². The molecule has 0 aliphatic rings. The molecule has 0 saturated heterocycles. The lowest BCUT2D eigenvalue weighted by molar-refractivity contribution is 0.583. The van der Waals surface area contributed by atoms with E-state index in [-0.39, 0.29) is 4.90 Å². The zero-order valence-electron chi connectivity index (χ0n) is 11.1. The quantitative estimate of drug-likeness (QED) is 0.752. The Labute approximate surface area is 124 Å². The minimum atomic E-state index is -3.51. The molecule has 1 rings (SSSR count). The normalized spacial score (nSPS) is 11.8. The van der Waals surface area contributed by atoms with Gasteiger partial charge in [0.15, 0.2) is 0 Å². The highest BCUT2D eigenvalue weighted by molar-refractivity contribution is 7.99. The van der Waals surface area contributed by atoms with Crippen molar-refractivity contribution in [1.82, 2.24) is 4.72 Å². The number of thioether (sulfide) groups is 1. The Bertz CT molecular complexity index is 533. The number of nitrogens with two attached hydrogens (primary N) is 1. The summed E-state index contributed by atoms with van der Waals surface area (Å²) in [6.07, 6.45) is 0. The Morgan fingerprint density at radius 3 is 2.63 bits per heavy atom. The minimum absolute atomic E-state index is 0.281. The second-order valence-electron chi connectivity index (χ2n) is 4.12. The molecular weight excluding hydrogens is 304 g/mol. The molecule has 0 saturated carbocycles. The van der Waals surface area contributed by atoms with Crippen molar-refractivity contribution in [3.05, 3.63) is 28.3 Å². The van der Waals surface area contributed by atoms with Crippen LogP contribution in [-0.2, 0) is 10.0 Å². The molecule has 0 radical (unpaired) electrons. The number of hydrogen-bond donors (Lipinski definition) is 2. The molecule has 108 valence electrons. The summed E-state index contributed by atoms with van der Waals surface area (Å²) in [6, 6.07) is 3.43. The first-order chi connectivity index (χ1) is 8.90. The van der Waals surface area contributed by atoms with Crippen molar-refractivity contribution in [1.29, 1.82) is 0 Å². The van der Waals surface area contributed by atoms with E-state index >= 15 is 0 Å². The number of benzene rings is 1. The van der Waals surface area contributed by atoms with Crippen molar-refractivity contribution in [2.24, 2.45) is 5.73 Å². The van der Waals surface area contributed by atoms with Gasteiger partial charge in [-0.3, -0.25) is 0 Å². The summed E-state index contributed by atoms with van der Waals surface area (Å²) in [6.45, 7) is 4.47. The van der Waals surface area contributed by atoms with E-state index in [1.165, 1.54) is 0 Å². The van der Waals surface area contributed by atoms with Gasteiger partial charge in [-0.1, -0.05) is 17.7 Å². The first-order valence-electron chi connectivity index (χ1n) is 5.93. The number of rotatable bonds is 7. The van der Waals surface area contributed by atoms with Gasteiger partial charge in [-0.05, 0) is 31.0 Å². The van der Waals surface area contributed by atoms with Crippen LogP contribution in [0.2, 0.25) is 5.02 Å². The molecular formula is C12H19ClN2O2S2. The highest BCUT2D eigenvalue weighted by Gasteiger charge is 2.20. The van der Waals surface area contributed by atoms with Crippen LogP contribution >= 0.6 is 23.4 Å². The second-order valence-corrected chi connectivity index (χ2v) is 7.45. The van der Waals surface area contributed by atoms with Gasteiger partial charge in [-0.25, -0.2) is 13.1 Å². The van der Waals surface area contributed by atoms with Gasteiger partial charge in [0.25, 0.3) is 0 Å². The van der Waals surface area contributed by atoms with Gasteiger partial charge in [0, 0.05) is 29.6 Å². The van der Waals surface area contributed by atoms with Crippen LogP contribution < -0.4 is 10.5 Å². The van der Waals surface area contributed by atoms with Crippen molar-refractivity contribution in [2.75, 3.05) is 24.6 Å². The van der Waals surface area contributed by atoms with Gasteiger partial charge in [-0.2, -0.15) is 11.8 Å². The van der Waals surface area contributed by atoms with Gasteiger partial charge < -0.3 is 5.73 Å². The molecule has 0 aromatic heterocycles. The van der Waals surface area contributed by atoms with Crippen LogP contribution in [0.3, 0.4) is 0 Å². The van der Waals surface area contributed by atoms with Gasteiger partial charge in [-0.15, -0.1) is 0 Å². The average Bonchev–Trinajstić information content (AvgIpc) is 2.34. The van der Waals surface area contributed by atoms with Crippen LogP contribution in [0.1, 0.15) is 11.1 Å². The Kier molecular flexibility index (Phi) is 6.62. The van der Waals surface area contributed by atoms with E-state index in [0.29, 0.717) is 35.0 Å². The summed E-state index contributed by atoms with van der Waals surface area (Å²) in [4.78, 5) is 0.281. The molecule has 0 unspecified atom stereocenters. The molecule has 1 aromatic rings. The number of aryl methyl sites for hydroxylation is 1.